The van der Waals surface area contributed by atoms with Gasteiger partial charge in [0.2, 0.25) is 5.78 Å². The predicted molar refractivity (Wildman–Crippen MR) is 81.5 cm³/mol. The van der Waals surface area contributed by atoms with Gasteiger partial charge in [0.15, 0.2) is 5.78 Å². The second-order valence-electron chi connectivity index (χ2n) is 5.31. The molecule has 0 fully saturated rings. The quantitative estimate of drug-likeness (QED) is 0.727. The summed E-state index contributed by atoms with van der Waals surface area (Å²) < 4.78 is 0. The van der Waals surface area contributed by atoms with E-state index < -0.39 is 0 Å². The third kappa shape index (κ3) is 2.85. The van der Waals surface area contributed by atoms with Gasteiger partial charge in [0.1, 0.15) is 0 Å². The van der Waals surface area contributed by atoms with Crippen LogP contribution in [0.1, 0.15) is 65.3 Å². The standard InChI is InChI=1S/C17H19ClO2/c1-3-4-5-6-7-13-15(18)17(20)14-10-11(2)8-9-12(14)16(13)19/h8-10H,3-7H2,1-2H3. The molecule has 2 nitrogen and oxygen atoms in total. The molecule has 106 valence electrons. The molecule has 0 atom stereocenters. The van der Waals surface area contributed by atoms with E-state index in [0.29, 0.717) is 23.1 Å². The maximum atomic E-state index is 12.5. The number of allylic oxidation sites excluding steroid dienone is 2. The van der Waals surface area contributed by atoms with Gasteiger partial charge in [0.05, 0.1) is 5.03 Å². The number of rotatable bonds is 5. The first-order chi connectivity index (χ1) is 9.56. The number of ketones is 2. The van der Waals surface area contributed by atoms with Crippen LogP contribution < -0.4 is 0 Å². The first-order valence-corrected chi connectivity index (χ1v) is 7.52. The molecule has 0 aromatic heterocycles. The molecule has 0 bridgehead atoms. The molecule has 1 aliphatic rings. The summed E-state index contributed by atoms with van der Waals surface area (Å²) in [7, 11) is 0. The number of halogens is 1. The third-order valence-corrected chi connectivity index (χ3v) is 4.08. The lowest BCUT2D eigenvalue weighted by Crippen LogP contribution is -2.20. The molecular formula is C17H19ClO2. The Morgan fingerprint density at radius 3 is 2.45 bits per heavy atom. The van der Waals surface area contributed by atoms with Gasteiger partial charge < -0.3 is 0 Å². The number of fused-ring (bicyclic) bond motifs is 1. The smallest absolute Gasteiger partial charge is 0.205 e. The van der Waals surface area contributed by atoms with Crippen LogP contribution in [0.2, 0.25) is 0 Å². The number of hydrogen-bond acceptors (Lipinski definition) is 2. The predicted octanol–water partition coefficient (Wildman–Crippen LogP) is 4.84. The van der Waals surface area contributed by atoms with Crippen LogP contribution in [-0.4, -0.2) is 11.6 Å². The number of aryl methyl sites for hydroxylation is 1. The van der Waals surface area contributed by atoms with Crippen LogP contribution in [0.15, 0.2) is 28.8 Å². The maximum absolute atomic E-state index is 12.5. The van der Waals surface area contributed by atoms with E-state index in [-0.39, 0.29) is 16.6 Å². The monoisotopic (exact) mass is 290 g/mol. The van der Waals surface area contributed by atoms with Crippen molar-refractivity contribution in [3.63, 3.8) is 0 Å². The van der Waals surface area contributed by atoms with E-state index in [1.807, 2.05) is 13.0 Å². The van der Waals surface area contributed by atoms with Gasteiger partial charge in [0.25, 0.3) is 0 Å². The Morgan fingerprint density at radius 2 is 1.75 bits per heavy atom. The fourth-order valence-electron chi connectivity index (χ4n) is 2.51. The lowest BCUT2D eigenvalue weighted by Gasteiger charge is -2.18. The van der Waals surface area contributed by atoms with Crippen molar-refractivity contribution < 1.29 is 9.59 Å². The van der Waals surface area contributed by atoms with Crippen LogP contribution in [-0.2, 0) is 0 Å². The van der Waals surface area contributed by atoms with Crippen LogP contribution in [0.25, 0.3) is 0 Å². The highest BCUT2D eigenvalue weighted by atomic mass is 35.5. The summed E-state index contributed by atoms with van der Waals surface area (Å²) in [5.41, 5.74) is 2.39. The minimum absolute atomic E-state index is 0.0823. The number of unbranched alkanes of at least 4 members (excludes halogenated alkanes) is 3. The fourth-order valence-corrected chi connectivity index (χ4v) is 2.80. The van der Waals surface area contributed by atoms with Crippen LogP contribution in [0, 0.1) is 6.92 Å². The summed E-state index contributed by atoms with van der Waals surface area (Å²) in [4.78, 5) is 24.7. The highest BCUT2D eigenvalue weighted by molar-refractivity contribution is 6.50. The molecule has 20 heavy (non-hydrogen) atoms. The van der Waals surface area contributed by atoms with Gasteiger partial charge >= 0.3 is 0 Å². The Bertz CT molecular complexity index is 585. The average molecular weight is 291 g/mol. The van der Waals surface area contributed by atoms with Gasteiger partial charge in [-0.25, -0.2) is 0 Å². The van der Waals surface area contributed by atoms with Gasteiger partial charge in [-0.3, -0.25) is 9.59 Å². The molecule has 1 aromatic carbocycles. The molecule has 0 radical (unpaired) electrons. The molecule has 0 spiro atoms. The normalized spacial score (nSPS) is 14.8. The van der Waals surface area contributed by atoms with Crippen molar-refractivity contribution in [1.29, 1.82) is 0 Å². The molecule has 0 aliphatic heterocycles. The Morgan fingerprint density at radius 1 is 1.00 bits per heavy atom. The minimum atomic E-state index is -0.213. The van der Waals surface area contributed by atoms with E-state index >= 15 is 0 Å². The zero-order valence-corrected chi connectivity index (χ0v) is 12.7. The summed E-state index contributed by atoms with van der Waals surface area (Å²) >= 11 is 6.13. The van der Waals surface area contributed by atoms with Crippen LogP contribution >= 0.6 is 11.6 Å². The maximum Gasteiger partial charge on any atom is 0.205 e. The van der Waals surface area contributed by atoms with Gasteiger partial charge in [-0.1, -0.05) is 55.5 Å². The Labute approximate surface area is 124 Å². The Balaban J connectivity index is 2.26. The van der Waals surface area contributed by atoms with Gasteiger partial charge in [-0.05, 0) is 25.8 Å². The molecule has 0 heterocycles. The highest BCUT2D eigenvalue weighted by Crippen LogP contribution is 2.31. The summed E-state index contributed by atoms with van der Waals surface area (Å²) in [6.45, 7) is 4.04. The van der Waals surface area contributed by atoms with Crippen LogP contribution in [0.5, 0.6) is 0 Å². The summed E-state index contributed by atoms with van der Waals surface area (Å²) in [5.74, 6) is -0.295. The van der Waals surface area contributed by atoms with Gasteiger partial charge in [0, 0.05) is 16.7 Å². The second-order valence-corrected chi connectivity index (χ2v) is 5.69. The van der Waals surface area contributed by atoms with E-state index in [9.17, 15) is 9.59 Å². The van der Waals surface area contributed by atoms with Crippen molar-refractivity contribution in [2.45, 2.75) is 46.0 Å². The van der Waals surface area contributed by atoms with Gasteiger partial charge in [-0.2, -0.15) is 0 Å². The lowest BCUT2D eigenvalue weighted by atomic mass is 9.86. The van der Waals surface area contributed by atoms with Crippen molar-refractivity contribution in [2.75, 3.05) is 0 Å². The van der Waals surface area contributed by atoms with Crippen molar-refractivity contribution >= 4 is 23.2 Å². The highest BCUT2D eigenvalue weighted by Gasteiger charge is 2.30. The molecule has 0 unspecified atom stereocenters. The molecule has 0 saturated carbocycles. The largest absolute Gasteiger partial charge is 0.289 e. The minimum Gasteiger partial charge on any atom is -0.289 e. The number of carbonyl (C=O) groups is 2. The summed E-state index contributed by atoms with van der Waals surface area (Å²) in [5, 5.41) is 0.115. The van der Waals surface area contributed by atoms with Crippen LogP contribution in [0.4, 0.5) is 0 Å². The molecule has 0 amide bonds. The summed E-state index contributed by atoms with van der Waals surface area (Å²) in [6.07, 6.45) is 4.84. The van der Waals surface area contributed by atoms with Crippen molar-refractivity contribution in [3.05, 3.63) is 45.5 Å². The average Bonchev–Trinajstić information content (AvgIpc) is 2.44. The molecule has 2 rings (SSSR count). The number of benzene rings is 1. The fraction of sp³-hybridized carbons (Fsp3) is 0.412. The van der Waals surface area contributed by atoms with E-state index in [2.05, 4.69) is 6.92 Å². The zero-order chi connectivity index (χ0) is 14.7. The molecular weight excluding hydrogens is 272 g/mol. The molecule has 0 N–H and O–H groups in total. The van der Waals surface area contributed by atoms with Crippen molar-refractivity contribution in [1.82, 2.24) is 0 Å². The SMILES string of the molecule is CCCCCCC1=C(Cl)C(=O)c2cc(C)ccc2C1=O. The Kier molecular flexibility index (Phi) is 4.77. The number of hydrogen-bond donors (Lipinski definition) is 0. The Hall–Kier alpha value is -1.41. The first kappa shape index (κ1) is 15.0. The van der Waals surface area contributed by atoms with Crippen molar-refractivity contribution in [2.24, 2.45) is 0 Å². The zero-order valence-electron chi connectivity index (χ0n) is 12.0. The topological polar surface area (TPSA) is 34.1 Å². The second kappa shape index (κ2) is 6.36. The number of carbonyl (C=O) groups excluding carboxylic acids is 2. The lowest BCUT2D eigenvalue weighted by molar-refractivity contribution is 0.0977. The summed E-state index contributed by atoms with van der Waals surface area (Å²) in [6, 6.07) is 5.34. The van der Waals surface area contributed by atoms with Crippen molar-refractivity contribution in [3.8, 4) is 0 Å². The molecule has 1 aromatic rings. The van der Waals surface area contributed by atoms with E-state index in [1.54, 1.807) is 12.1 Å². The molecule has 3 heteroatoms. The van der Waals surface area contributed by atoms with E-state index in [0.717, 1.165) is 31.2 Å². The van der Waals surface area contributed by atoms with Crippen LogP contribution in [0.3, 0.4) is 0 Å². The third-order valence-electron chi connectivity index (χ3n) is 3.68. The van der Waals surface area contributed by atoms with E-state index in [1.165, 1.54) is 0 Å². The van der Waals surface area contributed by atoms with E-state index in [4.69, 9.17) is 11.6 Å². The molecule has 1 aliphatic carbocycles. The first-order valence-electron chi connectivity index (χ1n) is 7.15. The molecule has 0 saturated heterocycles. The van der Waals surface area contributed by atoms with Gasteiger partial charge in [-0.15, -0.1) is 0 Å². The number of Topliss-reactive ketones (excluding diaryl/α,β-unsaturated/α-hetero) is 2.